The van der Waals surface area contributed by atoms with Crippen molar-refractivity contribution >= 4 is 23.4 Å². The normalized spacial score (nSPS) is 13.0. The molecule has 0 amide bonds. The van der Waals surface area contributed by atoms with E-state index in [0.29, 0.717) is 13.0 Å². The zero-order valence-corrected chi connectivity index (χ0v) is 18.8. The van der Waals surface area contributed by atoms with E-state index < -0.39 is 5.97 Å². The van der Waals surface area contributed by atoms with E-state index in [1.165, 1.54) is 18.3 Å². The molecule has 1 heterocycles. The van der Waals surface area contributed by atoms with Gasteiger partial charge in [0.05, 0.1) is 11.7 Å². The molecule has 0 saturated heterocycles. The summed E-state index contributed by atoms with van der Waals surface area (Å²) in [6, 6.07) is 17.7. The lowest BCUT2D eigenvalue weighted by atomic mass is 10.1. The molecule has 0 bridgehead atoms. The summed E-state index contributed by atoms with van der Waals surface area (Å²) in [7, 11) is 0. The molecule has 0 aliphatic heterocycles. The fourth-order valence-corrected chi connectivity index (χ4v) is 3.86. The lowest BCUT2D eigenvalue weighted by Gasteiger charge is -2.10. The molecule has 32 heavy (non-hydrogen) atoms. The van der Waals surface area contributed by atoms with Crippen LogP contribution in [0.1, 0.15) is 41.7 Å². The molecule has 3 rings (SSSR count). The number of nitrogens with two attached hydrogens (primary N) is 1. The van der Waals surface area contributed by atoms with Crippen LogP contribution >= 0.6 is 11.3 Å². The Morgan fingerprint density at radius 3 is 2.53 bits per heavy atom. The Balaban J connectivity index is 1.57. The molecule has 0 aliphatic carbocycles. The molecule has 166 valence electrons. The first kappa shape index (κ1) is 23.4. The lowest BCUT2D eigenvalue weighted by molar-refractivity contribution is -0.178. The smallest absolute Gasteiger partial charge is 0.375 e. The Hall–Kier alpha value is -3.29. The van der Waals surface area contributed by atoms with E-state index in [0.717, 1.165) is 33.2 Å². The monoisotopic (exact) mass is 452 g/mol. The Labute approximate surface area is 190 Å². The summed E-state index contributed by atoms with van der Waals surface area (Å²) in [5, 5.41) is 2.72. The molecule has 1 unspecified atom stereocenters. The second-order valence-corrected chi connectivity index (χ2v) is 8.31. The summed E-state index contributed by atoms with van der Waals surface area (Å²) in [6.07, 6.45) is 4.00. The van der Waals surface area contributed by atoms with Gasteiger partial charge in [0.2, 0.25) is 0 Å². The van der Waals surface area contributed by atoms with Crippen molar-refractivity contribution in [1.82, 2.24) is 4.98 Å². The average Bonchev–Trinajstić information content (AvgIpc) is 3.27. The second-order valence-electron chi connectivity index (χ2n) is 7.42. The summed E-state index contributed by atoms with van der Waals surface area (Å²) >= 11 is 1.48. The molecular formula is C25H25FN2O3S. The van der Waals surface area contributed by atoms with Crippen LogP contribution in [0.2, 0.25) is 0 Å². The van der Waals surface area contributed by atoms with Crippen LogP contribution in [-0.4, -0.2) is 11.0 Å². The molecule has 0 radical (unpaired) electrons. The molecule has 5 nitrogen and oxygen atoms in total. The van der Waals surface area contributed by atoms with Gasteiger partial charge in [0, 0.05) is 15.5 Å². The number of carbonyl (C=O) groups excluding carboxylic acids is 1. The van der Waals surface area contributed by atoms with E-state index in [9.17, 15) is 9.32 Å². The zero-order valence-electron chi connectivity index (χ0n) is 18.0. The van der Waals surface area contributed by atoms with Gasteiger partial charge in [-0.25, -0.2) is 14.7 Å². The molecule has 0 aliphatic rings. The fourth-order valence-electron chi connectivity index (χ4n) is 3.08. The second kappa shape index (κ2) is 11.4. The lowest BCUT2D eigenvalue weighted by Crippen LogP contribution is -2.13. The molecule has 2 N–H and O–H groups in total. The van der Waals surface area contributed by atoms with Crippen molar-refractivity contribution in [2.24, 2.45) is 5.73 Å². The number of carbonyl (C=O) groups is 1. The number of ether oxygens (including phenoxy) is 1. The highest BCUT2D eigenvalue weighted by molar-refractivity contribution is 7.09. The van der Waals surface area contributed by atoms with Crippen molar-refractivity contribution in [3.63, 3.8) is 0 Å². The van der Waals surface area contributed by atoms with Crippen LogP contribution in [0.3, 0.4) is 0 Å². The molecule has 1 atom stereocenters. The van der Waals surface area contributed by atoms with Crippen LogP contribution in [-0.2, 0) is 22.8 Å². The van der Waals surface area contributed by atoms with E-state index >= 15 is 0 Å². The molecule has 0 saturated carbocycles. The number of allylic oxidation sites excluding steroid dienone is 2. The maximum atomic E-state index is 12.0. The van der Waals surface area contributed by atoms with Gasteiger partial charge in [-0.3, -0.25) is 0 Å². The summed E-state index contributed by atoms with van der Waals surface area (Å²) in [6.45, 7) is 3.81. The summed E-state index contributed by atoms with van der Waals surface area (Å²) in [5.41, 5.74) is 10.2. The molecule has 0 spiro atoms. The van der Waals surface area contributed by atoms with Gasteiger partial charge in [-0.1, -0.05) is 42.5 Å². The minimum atomic E-state index is -1.00. The van der Waals surface area contributed by atoms with E-state index in [2.05, 4.69) is 9.93 Å². The van der Waals surface area contributed by atoms with Gasteiger partial charge in [-0.05, 0) is 61.3 Å². The maximum absolute atomic E-state index is 12.0. The van der Waals surface area contributed by atoms with Crippen molar-refractivity contribution in [2.75, 3.05) is 0 Å². The van der Waals surface area contributed by atoms with Gasteiger partial charge in [0.1, 0.15) is 17.4 Å². The quantitative estimate of drug-likeness (QED) is 0.331. The van der Waals surface area contributed by atoms with Gasteiger partial charge in [0.25, 0.3) is 0 Å². The number of hydrogen-bond donors (Lipinski definition) is 1. The number of halogens is 1. The minimum absolute atomic E-state index is 0.171. The number of nitrogens with zero attached hydrogens (tertiary/aromatic N) is 1. The van der Waals surface area contributed by atoms with Crippen LogP contribution in [0.4, 0.5) is 4.53 Å². The third-order valence-electron chi connectivity index (χ3n) is 4.70. The number of aromatic nitrogens is 1. The largest absolute Gasteiger partial charge is 0.489 e. The first-order valence-corrected chi connectivity index (χ1v) is 11.0. The molecular weight excluding hydrogens is 427 g/mol. The number of hydrogen-bond acceptors (Lipinski definition) is 6. The van der Waals surface area contributed by atoms with Gasteiger partial charge >= 0.3 is 5.97 Å². The van der Waals surface area contributed by atoms with E-state index in [1.807, 2.05) is 60.0 Å². The van der Waals surface area contributed by atoms with Crippen molar-refractivity contribution in [2.45, 2.75) is 32.9 Å². The predicted molar refractivity (Wildman–Crippen MR) is 125 cm³/mol. The Morgan fingerprint density at radius 1 is 1.12 bits per heavy atom. The minimum Gasteiger partial charge on any atom is -0.489 e. The van der Waals surface area contributed by atoms with Gasteiger partial charge < -0.3 is 10.5 Å². The van der Waals surface area contributed by atoms with Crippen molar-refractivity contribution in [3.8, 4) is 5.75 Å². The average molecular weight is 453 g/mol. The van der Waals surface area contributed by atoms with Crippen LogP contribution in [0.25, 0.3) is 6.08 Å². The predicted octanol–water partition coefficient (Wildman–Crippen LogP) is 5.74. The molecule has 1 aromatic heterocycles. The maximum Gasteiger partial charge on any atom is 0.375 e. The standard InChI is InChI=1S/C25H25FN2O3S/c1-17(12-18(2)25(29)31-26)13-21-16-32-24(28-21)23(27)14-19-8-10-22(11-9-19)30-15-20-6-4-3-5-7-20/h3-13,16,23H,14-15,27H2,1-2H3/b17-13+,18-12-. The van der Waals surface area contributed by atoms with Crippen molar-refractivity contribution in [3.05, 3.63) is 99.0 Å². The molecule has 2 aromatic carbocycles. The van der Waals surface area contributed by atoms with E-state index in [-0.39, 0.29) is 11.6 Å². The SMILES string of the molecule is C/C(=C/C(C)=C/c1csc(C(N)Cc2ccc(OCc3ccccc3)cc2)n1)C(=O)OF. The Bertz CT molecular complexity index is 1090. The van der Waals surface area contributed by atoms with Crippen molar-refractivity contribution < 1.29 is 19.0 Å². The van der Waals surface area contributed by atoms with Crippen LogP contribution in [0.15, 0.2) is 77.2 Å². The fraction of sp³-hybridized carbons (Fsp3) is 0.200. The Morgan fingerprint density at radius 2 is 1.84 bits per heavy atom. The zero-order chi connectivity index (χ0) is 22.9. The van der Waals surface area contributed by atoms with Crippen LogP contribution in [0.5, 0.6) is 5.75 Å². The number of thiazole rings is 1. The van der Waals surface area contributed by atoms with Crippen LogP contribution < -0.4 is 10.5 Å². The van der Waals surface area contributed by atoms with Crippen LogP contribution in [0, 0.1) is 0 Å². The van der Waals surface area contributed by atoms with Gasteiger partial charge in [-0.15, -0.1) is 11.3 Å². The summed E-state index contributed by atoms with van der Waals surface area (Å²) < 4.78 is 17.8. The topological polar surface area (TPSA) is 74.4 Å². The van der Waals surface area contributed by atoms with Gasteiger partial charge in [-0.2, -0.15) is 0 Å². The summed E-state index contributed by atoms with van der Waals surface area (Å²) in [5.74, 6) is -0.196. The van der Waals surface area contributed by atoms with E-state index in [1.54, 1.807) is 19.1 Å². The molecule has 7 heteroatoms. The Kier molecular flexibility index (Phi) is 8.30. The van der Waals surface area contributed by atoms with Crippen molar-refractivity contribution in [1.29, 1.82) is 0 Å². The highest BCUT2D eigenvalue weighted by Gasteiger charge is 2.12. The highest BCUT2D eigenvalue weighted by atomic mass is 32.1. The first-order chi connectivity index (χ1) is 15.4. The molecule has 0 fully saturated rings. The van der Waals surface area contributed by atoms with Gasteiger partial charge in [0.15, 0.2) is 0 Å². The van der Waals surface area contributed by atoms with E-state index in [4.69, 9.17) is 10.5 Å². The first-order valence-electron chi connectivity index (χ1n) is 10.1. The number of benzene rings is 2. The molecule has 3 aromatic rings. The number of rotatable bonds is 9. The third kappa shape index (κ3) is 6.87. The highest BCUT2D eigenvalue weighted by Crippen LogP contribution is 2.23. The summed E-state index contributed by atoms with van der Waals surface area (Å²) in [4.78, 5) is 19.0. The third-order valence-corrected chi connectivity index (χ3v) is 5.69.